The van der Waals surface area contributed by atoms with Crippen molar-refractivity contribution in [3.05, 3.63) is 53.9 Å². The molecule has 1 heterocycles. The quantitative estimate of drug-likeness (QED) is 0.599. The molecule has 0 saturated heterocycles. The molecule has 0 bridgehead atoms. The minimum Gasteiger partial charge on any atom is -0.493 e. The van der Waals surface area contributed by atoms with Gasteiger partial charge >= 0.3 is 0 Å². The molecule has 0 aliphatic rings. The molecule has 0 fully saturated rings. The van der Waals surface area contributed by atoms with Gasteiger partial charge in [0.2, 0.25) is 21.7 Å². The van der Waals surface area contributed by atoms with Gasteiger partial charge in [0.1, 0.15) is 0 Å². The van der Waals surface area contributed by atoms with Crippen LogP contribution in [0.5, 0.6) is 11.5 Å². The van der Waals surface area contributed by atoms with Crippen LogP contribution in [0, 0.1) is 0 Å². The van der Waals surface area contributed by atoms with Gasteiger partial charge in [-0.15, -0.1) is 0 Å². The Hall–Kier alpha value is -2.91. The molecule has 1 aromatic heterocycles. The molecule has 29 heavy (non-hydrogen) atoms. The Labute approximate surface area is 169 Å². The number of methoxy groups -OCH3 is 2. The highest BCUT2D eigenvalue weighted by Gasteiger charge is 2.17. The van der Waals surface area contributed by atoms with Crippen molar-refractivity contribution >= 4 is 10.0 Å². The molecule has 8 nitrogen and oxygen atoms in total. The highest BCUT2D eigenvalue weighted by molar-refractivity contribution is 7.89. The number of rotatable bonds is 8. The van der Waals surface area contributed by atoms with Crippen molar-refractivity contribution < 1.29 is 22.4 Å². The van der Waals surface area contributed by atoms with Gasteiger partial charge in [-0.2, -0.15) is 4.98 Å². The van der Waals surface area contributed by atoms with Crippen LogP contribution < -0.4 is 14.2 Å². The van der Waals surface area contributed by atoms with Crippen molar-refractivity contribution in [1.29, 1.82) is 0 Å². The lowest BCUT2D eigenvalue weighted by Gasteiger charge is -2.08. The first kappa shape index (κ1) is 20.8. The molecule has 3 aromatic rings. The first-order chi connectivity index (χ1) is 13.8. The molecule has 0 unspecified atom stereocenters. The Morgan fingerprint density at radius 1 is 1.03 bits per heavy atom. The summed E-state index contributed by atoms with van der Waals surface area (Å²) in [4.78, 5) is 4.43. The number of nitrogens with zero attached hydrogens (tertiary/aromatic N) is 2. The van der Waals surface area contributed by atoms with Crippen molar-refractivity contribution in [2.75, 3.05) is 14.2 Å². The fourth-order valence-corrected chi connectivity index (χ4v) is 3.67. The third-order valence-electron chi connectivity index (χ3n) is 4.38. The van der Waals surface area contributed by atoms with Gasteiger partial charge in [-0.1, -0.05) is 31.1 Å². The molecule has 0 aliphatic carbocycles. The summed E-state index contributed by atoms with van der Waals surface area (Å²) in [5.74, 6) is 1.91. The van der Waals surface area contributed by atoms with E-state index in [0.29, 0.717) is 28.8 Å². The predicted molar refractivity (Wildman–Crippen MR) is 107 cm³/mol. The van der Waals surface area contributed by atoms with Crippen LogP contribution in [-0.2, 0) is 16.6 Å². The predicted octanol–water partition coefficient (Wildman–Crippen LogP) is 3.36. The van der Waals surface area contributed by atoms with E-state index in [0.717, 1.165) is 5.56 Å². The lowest BCUT2D eigenvalue weighted by molar-refractivity contribution is 0.355. The maximum Gasteiger partial charge on any atom is 0.242 e. The smallest absolute Gasteiger partial charge is 0.242 e. The molecule has 3 rings (SSSR count). The summed E-state index contributed by atoms with van der Waals surface area (Å²) < 4.78 is 43.1. The third kappa shape index (κ3) is 4.75. The third-order valence-corrected chi connectivity index (χ3v) is 5.80. The molecule has 0 saturated carbocycles. The molecule has 1 N–H and O–H groups in total. The number of benzene rings is 2. The fraction of sp³-hybridized carbons (Fsp3) is 0.300. The van der Waals surface area contributed by atoms with Gasteiger partial charge in [-0.3, -0.25) is 0 Å². The van der Waals surface area contributed by atoms with Crippen molar-refractivity contribution in [1.82, 2.24) is 14.9 Å². The van der Waals surface area contributed by atoms with E-state index in [-0.39, 0.29) is 17.3 Å². The molecule has 9 heteroatoms. The number of hydrogen-bond acceptors (Lipinski definition) is 7. The minimum absolute atomic E-state index is 0.117. The van der Waals surface area contributed by atoms with Gasteiger partial charge in [0.25, 0.3) is 0 Å². The molecular weight excluding hydrogens is 394 g/mol. The number of hydrogen-bond donors (Lipinski definition) is 1. The molecule has 0 spiro atoms. The summed E-state index contributed by atoms with van der Waals surface area (Å²) in [6, 6.07) is 12.0. The molecule has 0 radical (unpaired) electrons. The summed E-state index contributed by atoms with van der Waals surface area (Å²) in [7, 11) is -0.609. The van der Waals surface area contributed by atoms with Crippen molar-refractivity contribution in [3.8, 4) is 22.9 Å². The van der Waals surface area contributed by atoms with Crippen LogP contribution in [0.4, 0.5) is 0 Å². The van der Waals surface area contributed by atoms with E-state index >= 15 is 0 Å². The lowest BCUT2D eigenvalue weighted by Crippen LogP contribution is -2.23. The summed E-state index contributed by atoms with van der Waals surface area (Å²) in [6.45, 7) is 3.98. The lowest BCUT2D eigenvalue weighted by atomic mass is 10.0. The zero-order valence-electron chi connectivity index (χ0n) is 16.7. The van der Waals surface area contributed by atoms with Crippen LogP contribution in [0.15, 0.2) is 51.9 Å². The molecule has 0 amide bonds. The van der Waals surface area contributed by atoms with E-state index in [4.69, 9.17) is 14.0 Å². The van der Waals surface area contributed by atoms with Crippen LogP contribution >= 0.6 is 0 Å². The highest BCUT2D eigenvalue weighted by Crippen LogP contribution is 2.31. The minimum atomic E-state index is -3.69. The molecule has 2 aromatic carbocycles. The first-order valence-electron chi connectivity index (χ1n) is 8.98. The van der Waals surface area contributed by atoms with Crippen molar-refractivity contribution in [2.24, 2.45) is 0 Å². The Balaban J connectivity index is 1.71. The van der Waals surface area contributed by atoms with E-state index in [1.807, 2.05) is 13.8 Å². The monoisotopic (exact) mass is 417 g/mol. The van der Waals surface area contributed by atoms with Crippen LogP contribution in [0.2, 0.25) is 0 Å². The molecule has 0 aliphatic heterocycles. The number of sulfonamides is 1. The summed E-state index contributed by atoms with van der Waals surface area (Å²) in [5.41, 5.74) is 1.73. The second-order valence-corrected chi connectivity index (χ2v) is 8.40. The molecule has 0 atom stereocenters. The zero-order valence-corrected chi connectivity index (χ0v) is 17.5. The number of ether oxygens (including phenoxy) is 2. The van der Waals surface area contributed by atoms with Crippen molar-refractivity contribution in [3.63, 3.8) is 0 Å². The molecule has 154 valence electrons. The maximum atomic E-state index is 12.5. The Morgan fingerprint density at radius 3 is 2.34 bits per heavy atom. The van der Waals surface area contributed by atoms with Gasteiger partial charge in [-0.05, 0) is 41.8 Å². The van der Waals surface area contributed by atoms with Crippen LogP contribution in [-0.4, -0.2) is 32.8 Å². The largest absolute Gasteiger partial charge is 0.493 e. The van der Waals surface area contributed by atoms with E-state index < -0.39 is 10.0 Å². The summed E-state index contributed by atoms with van der Waals surface area (Å²) in [6.07, 6.45) is 0. The van der Waals surface area contributed by atoms with E-state index in [2.05, 4.69) is 14.9 Å². The van der Waals surface area contributed by atoms with Gasteiger partial charge in [0, 0.05) is 5.56 Å². The zero-order chi connectivity index (χ0) is 21.0. The standard InChI is InChI=1S/C20H23N3O5S/c1-13(2)14-5-8-16(9-6-14)29(24,25)21-12-19-22-20(23-28-19)15-7-10-17(26-3)18(11-15)27-4/h5-11,13,21H,12H2,1-4H3. The second-order valence-electron chi connectivity index (χ2n) is 6.63. The highest BCUT2D eigenvalue weighted by atomic mass is 32.2. The average molecular weight is 417 g/mol. The van der Waals surface area contributed by atoms with E-state index in [9.17, 15) is 8.42 Å². The van der Waals surface area contributed by atoms with Gasteiger partial charge in [-0.25, -0.2) is 13.1 Å². The first-order valence-corrected chi connectivity index (χ1v) is 10.5. The van der Waals surface area contributed by atoms with Crippen LogP contribution in [0.25, 0.3) is 11.4 Å². The molecular formula is C20H23N3O5S. The SMILES string of the molecule is COc1ccc(-c2noc(CNS(=O)(=O)c3ccc(C(C)C)cc3)n2)cc1OC. The number of nitrogens with one attached hydrogen (secondary N) is 1. The van der Waals surface area contributed by atoms with E-state index in [1.54, 1.807) is 49.6 Å². The van der Waals surface area contributed by atoms with Gasteiger partial charge < -0.3 is 14.0 Å². The Kier molecular flexibility index (Phi) is 6.19. The number of aromatic nitrogens is 2. The Bertz CT molecular complexity index is 1080. The van der Waals surface area contributed by atoms with Crippen LogP contribution in [0.1, 0.15) is 31.2 Å². The van der Waals surface area contributed by atoms with E-state index in [1.165, 1.54) is 7.11 Å². The summed E-state index contributed by atoms with van der Waals surface area (Å²) >= 11 is 0. The second kappa shape index (κ2) is 8.62. The summed E-state index contributed by atoms with van der Waals surface area (Å²) in [5, 5.41) is 3.90. The van der Waals surface area contributed by atoms with Gasteiger partial charge in [0.15, 0.2) is 11.5 Å². The van der Waals surface area contributed by atoms with Gasteiger partial charge in [0.05, 0.1) is 25.7 Å². The Morgan fingerprint density at radius 2 is 1.72 bits per heavy atom. The fourth-order valence-electron chi connectivity index (χ4n) is 2.69. The maximum absolute atomic E-state index is 12.5. The average Bonchev–Trinajstić information content (AvgIpc) is 3.21. The van der Waals surface area contributed by atoms with Crippen molar-refractivity contribution in [2.45, 2.75) is 31.2 Å². The topological polar surface area (TPSA) is 104 Å². The van der Waals surface area contributed by atoms with Crippen LogP contribution in [0.3, 0.4) is 0 Å². The normalized spacial score (nSPS) is 11.6.